The van der Waals surface area contributed by atoms with E-state index < -0.39 is 6.04 Å². The molecule has 1 aliphatic heterocycles. The van der Waals surface area contributed by atoms with Gasteiger partial charge >= 0.3 is 0 Å². The number of rotatable bonds is 8. The van der Waals surface area contributed by atoms with Crippen molar-refractivity contribution in [3.05, 3.63) is 78.5 Å². The third-order valence-corrected chi connectivity index (χ3v) is 6.96. The third-order valence-electron chi connectivity index (χ3n) is 6.96. The summed E-state index contributed by atoms with van der Waals surface area (Å²) in [5.74, 6) is 1.41. The number of amides is 1. The molecule has 1 atom stereocenters. The van der Waals surface area contributed by atoms with Crippen molar-refractivity contribution >= 4 is 28.9 Å². The maximum absolute atomic E-state index is 11.9. The Labute approximate surface area is 228 Å². The van der Waals surface area contributed by atoms with Gasteiger partial charge in [0.05, 0.1) is 18.3 Å². The van der Waals surface area contributed by atoms with E-state index in [0.717, 1.165) is 61.1 Å². The molecule has 2 aromatic heterocycles. The van der Waals surface area contributed by atoms with Gasteiger partial charge in [-0.1, -0.05) is 12.1 Å². The number of imidazole rings is 1. The SMILES string of the molecule is Cc1cnc(Nc2ccc(N3CCN(Cc4nccn4C)CC3)cc2)nc1-c1ccc(NC(=O)C(C)N)cc1. The van der Waals surface area contributed by atoms with Crippen LogP contribution in [0.5, 0.6) is 0 Å². The van der Waals surface area contributed by atoms with E-state index in [1.54, 1.807) is 6.92 Å². The van der Waals surface area contributed by atoms with Crippen molar-refractivity contribution in [2.45, 2.75) is 26.4 Å². The van der Waals surface area contributed by atoms with Crippen molar-refractivity contribution < 1.29 is 4.79 Å². The van der Waals surface area contributed by atoms with Crippen LogP contribution in [0.4, 0.5) is 23.0 Å². The lowest BCUT2D eigenvalue weighted by atomic mass is 10.1. The molecule has 4 N–H and O–H groups in total. The summed E-state index contributed by atoms with van der Waals surface area (Å²) in [6, 6.07) is 15.4. The first-order valence-electron chi connectivity index (χ1n) is 13.2. The average Bonchev–Trinajstić information content (AvgIpc) is 3.35. The minimum Gasteiger partial charge on any atom is -0.369 e. The van der Waals surface area contributed by atoms with Gasteiger partial charge in [-0.3, -0.25) is 9.69 Å². The first-order chi connectivity index (χ1) is 18.9. The molecule has 1 amide bonds. The number of aromatic nitrogens is 4. The monoisotopic (exact) mass is 525 g/mol. The molecule has 1 aliphatic rings. The summed E-state index contributed by atoms with van der Waals surface area (Å²) in [6.07, 6.45) is 5.66. The molecule has 0 spiro atoms. The van der Waals surface area contributed by atoms with Gasteiger partial charge in [-0.25, -0.2) is 15.0 Å². The number of piperazine rings is 1. The van der Waals surface area contributed by atoms with Gasteiger partial charge in [0.1, 0.15) is 5.82 Å². The van der Waals surface area contributed by atoms with Crippen LogP contribution < -0.4 is 21.3 Å². The number of hydrogen-bond donors (Lipinski definition) is 3. The molecule has 0 radical (unpaired) electrons. The Hall–Kier alpha value is -4.28. The van der Waals surface area contributed by atoms with Gasteiger partial charge in [-0.2, -0.15) is 0 Å². The summed E-state index contributed by atoms with van der Waals surface area (Å²) in [7, 11) is 2.04. The molecule has 10 heteroatoms. The van der Waals surface area contributed by atoms with Crippen molar-refractivity contribution in [1.29, 1.82) is 0 Å². The fourth-order valence-electron chi connectivity index (χ4n) is 4.56. The van der Waals surface area contributed by atoms with Crippen molar-refractivity contribution in [2.24, 2.45) is 12.8 Å². The highest BCUT2D eigenvalue weighted by Gasteiger charge is 2.18. The van der Waals surface area contributed by atoms with Crippen molar-refractivity contribution in [2.75, 3.05) is 41.7 Å². The van der Waals surface area contributed by atoms with Crippen LogP contribution in [0.2, 0.25) is 0 Å². The maximum atomic E-state index is 11.9. The topological polar surface area (TPSA) is 117 Å². The Kier molecular flexibility index (Phi) is 7.85. The predicted octanol–water partition coefficient (Wildman–Crippen LogP) is 3.54. The second-order valence-corrected chi connectivity index (χ2v) is 9.97. The highest BCUT2D eigenvalue weighted by atomic mass is 16.2. The summed E-state index contributed by atoms with van der Waals surface area (Å²) in [5, 5.41) is 6.13. The highest BCUT2D eigenvalue weighted by Crippen LogP contribution is 2.26. The summed E-state index contributed by atoms with van der Waals surface area (Å²) >= 11 is 0. The molecule has 1 fully saturated rings. The third kappa shape index (κ3) is 6.42. The van der Waals surface area contributed by atoms with Crippen LogP contribution in [-0.4, -0.2) is 62.5 Å². The number of aryl methyl sites for hydroxylation is 2. The molecule has 3 heterocycles. The fraction of sp³-hybridized carbons (Fsp3) is 0.310. The van der Waals surface area contributed by atoms with Crippen LogP contribution in [0.3, 0.4) is 0 Å². The van der Waals surface area contributed by atoms with Gasteiger partial charge in [0.25, 0.3) is 0 Å². The van der Waals surface area contributed by atoms with E-state index >= 15 is 0 Å². The molecule has 10 nitrogen and oxygen atoms in total. The van der Waals surface area contributed by atoms with Gasteiger partial charge in [0.2, 0.25) is 11.9 Å². The van der Waals surface area contributed by atoms with Crippen LogP contribution in [0, 0.1) is 6.92 Å². The zero-order valence-corrected chi connectivity index (χ0v) is 22.6. The molecule has 2 aromatic carbocycles. The second-order valence-electron chi connectivity index (χ2n) is 9.97. The van der Waals surface area contributed by atoms with E-state index in [-0.39, 0.29) is 5.91 Å². The maximum Gasteiger partial charge on any atom is 0.240 e. The number of carbonyl (C=O) groups is 1. The zero-order valence-electron chi connectivity index (χ0n) is 22.6. The Balaban J connectivity index is 1.19. The lowest BCUT2D eigenvalue weighted by Crippen LogP contribution is -2.46. The van der Waals surface area contributed by atoms with E-state index in [9.17, 15) is 4.79 Å². The molecular weight excluding hydrogens is 490 g/mol. The predicted molar refractivity (Wildman–Crippen MR) is 155 cm³/mol. The van der Waals surface area contributed by atoms with Gasteiger partial charge in [0, 0.05) is 74.4 Å². The fourth-order valence-corrected chi connectivity index (χ4v) is 4.56. The molecule has 202 valence electrons. The summed E-state index contributed by atoms with van der Waals surface area (Å²) in [4.78, 5) is 30.4. The number of nitrogens with two attached hydrogens (primary N) is 1. The highest BCUT2D eigenvalue weighted by molar-refractivity contribution is 5.94. The van der Waals surface area contributed by atoms with Crippen LogP contribution in [-0.2, 0) is 18.4 Å². The molecule has 4 aromatic rings. The lowest BCUT2D eigenvalue weighted by Gasteiger charge is -2.36. The van der Waals surface area contributed by atoms with Gasteiger partial charge in [-0.05, 0) is 55.8 Å². The number of hydrogen-bond acceptors (Lipinski definition) is 8. The van der Waals surface area contributed by atoms with Crippen LogP contribution in [0.1, 0.15) is 18.3 Å². The summed E-state index contributed by atoms with van der Waals surface area (Å²) in [6.45, 7) is 8.49. The van der Waals surface area contributed by atoms with Gasteiger partial charge < -0.3 is 25.8 Å². The molecule has 5 rings (SSSR count). The van der Waals surface area contributed by atoms with Gasteiger partial charge in [0.15, 0.2) is 0 Å². The first-order valence-corrected chi connectivity index (χ1v) is 13.2. The number of nitrogens with one attached hydrogen (secondary N) is 2. The normalized spacial score (nSPS) is 14.7. The molecule has 0 bridgehead atoms. The standard InChI is InChI=1S/C29H35N9O/c1-20-18-32-29(35-27(20)22-4-6-23(7-5-22)33-28(39)21(2)30)34-24-8-10-25(11-9-24)38-16-14-37(15-17-38)19-26-31-12-13-36(26)3/h4-13,18,21H,14-17,19,30H2,1-3H3,(H,33,39)(H,32,34,35). The molecule has 39 heavy (non-hydrogen) atoms. The Bertz CT molecular complexity index is 1410. The Morgan fingerprint density at radius 2 is 1.69 bits per heavy atom. The Morgan fingerprint density at radius 3 is 2.33 bits per heavy atom. The molecule has 0 aliphatic carbocycles. The smallest absolute Gasteiger partial charge is 0.240 e. The van der Waals surface area contributed by atoms with Crippen molar-refractivity contribution in [1.82, 2.24) is 24.4 Å². The first kappa shape index (κ1) is 26.3. The van der Waals surface area contributed by atoms with Gasteiger partial charge in [-0.15, -0.1) is 0 Å². The number of carbonyl (C=O) groups excluding carboxylic acids is 1. The largest absolute Gasteiger partial charge is 0.369 e. The quantitative estimate of drug-likeness (QED) is 0.320. The molecule has 0 saturated carbocycles. The Morgan fingerprint density at radius 1 is 1.00 bits per heavy atom. The van der Waals surface area contributed by atoms with Crippen LogP contribution in [0.15, 0.2) is 67.1 Å². The summed E-state index contributed by atoms with van der Waals surface area (Å²) < 4.78 is 2.08. The zero-order chi connectivity index (χ0) is 27.4. The number of anilines is 4. The summed E-state index contributed by atoms with van der Waals surface area (Å²) in [5.41, 5.74) is 11.2. The minimum absolute atomic E-state index is 0.221. The van der Waals surface area contributed by atoms with E-state index in [2.05, 4.69) is 59.2 Å². The lowest BCUT2D eigenvalue weighted by molar-refractivity contribution is -0.117. The van der Waals surface area contributed by atoms with Crippen molar-refractivity contribution in [3.63, 3.8) is 0 Å². The average molecular weight is 526 g/mol. The minimum atomic E-state index is -0.565. The van der Waals surface area contributed by atoms with E-state index in [1.807, 2.05) is 56.8 Å². The number of benzene rings is 2. The molecule has 1 unspecified atom stereocenters. The number of nitrogens with zero attached hydrogens (tertiary/aromatic N) is 6. The van der Waals surface area contributed by atoms with Crippen LogP contribution in [0.25, 0.3) is 11.3 Å². The molecular formula is C29H35N9O. The van der Waals surface area contributed by atoms with Crippen LogP contribution >= 0.6 is 0 Å². The second kappa shape index (κ2) is 11.6. The van der Waals surface area contributed by atoms with E-state index in [1.165, 1.54) is 5.69 Å². The van der Waals surface area contributed by atoms with E-state index in [0.29, 0.717) is 11.6 Å². The van der Waals surface area contributed by atoms with Crippen molar-refractivity contribution in [3.8, 4) is 11.3 Å². The molecule has 1 saturated heterocycles. The van der Waals surface area contributed by atoms with E-state index in [4.69, 9.17) is 10.7 Å².